The molecular formula is C7H5N5OS. The van der Waals surface area contributed by atoms with Gasteiger partial charge in [-0.05, 0) is 17.6 Å². The maximum atomic E-state index is 11.4. The van der Waals surface area contributed by atoms with Gasteiger partial charge in [0.2, 0.25) is 0 Å². The molecule has 0 aliphatic heterocycles. The third-order valence-electron chi connectivity index (χ3n) is 1.43. The van der Waals surface area contributed by atoms with Crippen LogP contribution in [0.25, 0.3) is 0 Å². The highest BCUT2D eigenvalue weighted by Crippen LogP contribution is 2.07. The van der Waals surface area contributed by atoms with E-state index in [9.17, 15) is 4.79 Å². The second-order valence-electron chi connectivity index (χ2n) is 2.37. The second kappa shape index (κ2) is 3.88. The minimum Gasteiger partial charge on any atom is -0.320 e. The maximum Gasteiger partial charge on any atom is 0.269 e. The Morgan fingerprint density at radius 2 is 2.21 bits per heavy atom. The van der Waals surface area contributed by atoms with Gasteiger partial charge in [-0.1, -0.05) is 4.49 Å². The van der Waals surface area contributed by atoms with Crippen LogP contribution in [0.4, 0.5) is 5.69 Å². The molecule has 6 nitrogen and oxygen atoms in total. The fourth-order valence-corrected chi connectivity index (χ4v) is 1.24. The molecule has 0 unspecified atom stereocenters. The highest BCUT2D eigenvalue weighted by atomic mass is 32.1. The van der Waals surface area contributed by atoms with Crippen molar-refractivity contribution in [2.45, 2.75) is 0 Å². The zero-order valence-electron chi connectivity index (χ0n) is 6.91. The minimum absolute atomic E-state index is 0.243. The van der Waals surface area contributed by atoms with Crippen molar-refractivity contribution < 1.29 is 4.79 Å². The van der Waals surface area contributed by atoms with Gasteiger partial charge in [-0.2, -0.15) is 10.2 Å². The Kier molecular flexibility index (Phi) is 2.41. The molecule has 7 heteroatoms. The summed E-state index contributed by atoms with van der Waals surface area (Å²) in [6.07, 6.45) is 4.38. The zero-order valence-corrected chi connectivity index (χ0v) is 7.73. The van der Waals surface area contributed by atoms with E-state index in [0.29, 0.717) is 10.6 Å². The molecule has 0 spiro atoms. The summed E-state index contributed by atoms with van der Waals surface area (Å²) >= 11 is 1.04. The number of nitrogens with one attached hydrogen (secondary N) is 1. The summed E-state index contributed by atoms with van der Waals surface area (Å²) in [6.45, 7) is 0. The van der Waals surface area contributed by atoms with Gasteiger partial charge in [-0.15, -0.1) is 5.10 Å². The molecule has 1 amide bonds. The number of amides is 1. The van der Waals surface area contributed by atoms with Gasteiger partial charge in [0.25, 0.3) is 5.91 Å². The molecule has 0 bridgehead atoms. The standard InChI is InChI=1S/C7H5N5OS/c13-7(6-4-10-12-14-6)11-5-1-2-8-9-3-5/h1-4H,(H,8,11,13). The molecule has 14 heavy (non-hydrogen) atoms. The van der Waals surface area contributed by atoms with Crippen molar-refractivity contribution in [3.63, 3.8) is 0 Å². The van der Waals surface area contributed by atoms with Crippen LogP contribution in [0.5, 0.6) is 0 Å². The number of nitrogens with zero attached hydrogens (tertiary/aromatic N) is 4. The molecule has 0 aromatic carbocycles. The summed E-state index contributed by atoms with van der Waals surface area (Å²) in [5, 5.41) is 13.4. The Morgan fingerprint density at radius 1 is 1.29 bits per heavy atom. The van der Waals surface area contributed by atoms with E-state index in [-0.39, 0.29) is 5.91 Å². The average molecular weight is 207 g/mol. The van der Waals surface area contributed by atoms with Gasteiger partial charge in [-0.3, -0.25) is 4.79 Å². The molecule has 0 aliphatic carbocycles. The predicted molar refractivity (Wildman–Crippen MR) is 49.9 cm³/mol. The maximum absolute atomic E-state index is 11.4. The van der Waals surface area contributed by atoms with E-state index in [4.69, 9.17) is 0 Å². The Balaban J connectivity index is 2.10. The van der Waals surface area contributed by atoms with Gasteiger partial charge in [0, 0.05) is 0 Å². The van der Waals surface area contributed by atoms with Crippen LogP contribution >= 0.6 is 11.5 Å². The van der Waals surface area contributed by atoms with Crippen LogP contribution in [-0.2, 0) is 0 Å². The van der Waals surface area contributed by atoms with E-state index in [1.165, 1.54) is 18.6 Å². The van der Waals surface area contributed by atoms with Crippen LogP contribution < -0.4 is 5.32 Å². The molecule has 0 saturated carbocycles. The highest BCUT2D eigenvalue weighted by molar-refractivity contribution is 7.07. The normalized spacial score (nSPS) is 9.71. The molecule has 70 valence electrons. The Morgan fingerprint density at radius 3 is 2.86 bits per heavy atom. The first-order chi connectivity index (χ1) is 6.86. The molecular weight excluding hydrogens is 202 g/mol. The minimum atomic E-state index is -0.243. The number of aromatic nitrogens is 4. The van der Waals surface area contributed by atoms with Crippen molar-refractivity contribution in [2.75, 3.05) is 5.32 Å². The molecule has 2 rings (SSSR count). The number of carbonyl (C=O) groups is 1. The van der Waals surface area contributed by atoms with Crippen molar-refractivity contribution in [1.29, 1.82) is 0 Å². The van der Waals surface area contributed by atoms with Crippen LogP contribution in [0.1, 0.15) is 9.67 Å². The molecule has 0 saturated heterocycles. The summed E-state index contributed by atoms with van der Waals surface area (Å²) in [7, 11) is 0. The first-order valence-electron chi connectivity index (χ1n) is 3.71. The first-order valence-corrected chi connectivity index (χ1v) is 4.49. The molecule has 2 aromatic rings. The molecule has 0 radical (unpaired) electrons. The lowest BCUT2D eigenvalue weighted by molar-refractivity contribution is 0.103. The van der Waals surface area contributed by atoms with Crippen molar-refractivity contribution in [3.8, 4) is 0 Å². The average Bonchev–Trinajstić information content (AvgIpc) is 2.72. The summed E-state index contributed by atoms with van der Waals surface area (Å²) in [5.41, 5.74) is 0.596. The molecule has 0 fully saturated rings. The van der Waals surface area contributed by atoms with E-state index in [0.717, 1.165) is 11.5 Å². The summed E-state index contributed by atoms with van der Waals surface area (Å²) in [5.74, 6) is -0.243. The second-order valence-corrected chi connectivity index (χ2v) is 3.15. The number of rotatable bonds is 2. The highest BCUT2D eigenvalue weighted by Gasteiger charge is 2.07. The summed E-state index contributed by atoms with van der Waals surface area (Å²) in [4.78, 5) is 11.9. The van der Waals surface area contributed by atoms with Crippen LogP contribution in [0.2, 0.25) is 0 Å². The molecule has 0 aliphatic rings. The van der Waals surface area contributed by atoms with E-state index in [2.05, 4.69) is 25.1 Å². The monoisotopic (exact) mass is 207 g/mol. The zero-order chi connectivity index (χ0) is 9.80. The molecule has 0 atom stereocenters. The quantitative estimate of drug-likeness (QED) is 0.779. The fourth-order valence-electron chi connectivity index (χ4n) is 0.825. The van der Waals surface area contributed by atoms with E-state index in [1.807, 2.05) is 0 Å². The lowest BCUT2D eigenvalue weighted by atomic mass is 10.4. The van der Waals surface area contributed by atoms with Gasteiger partial charge in [0.15, 0.2) is 0 Å². The molecule has 2 heterocycles. The van der Waals surface area contributed by atoms with E-state index in [1.54, 1.807) is 6.07 Å². The fraction of sp³-hybridized carbons (Fsp3) is 0. The van der Waals surface area contributed by atoms with Crippen LogP contribution in [0, 0.1) is 0 Å². The van der Waals surface area contributed by atoms with Gasteiger partial charge in [0.05, 0.1) is 24.3 Å². The number of hydrogen-bond acceptors (Lipinski definition) is 6. The Hall–Kier alpha value is -1.89. The molecule has 1 N–H and O–H groups in total. The van der Waals surface area contributed by atoms with Crippen LogP contribution in [0.3, 0.4) is 0 Å². The van der Waals surface area contributed by atoms with Gasteiger partial charge < -0.3 is 5.32 Å². The van der Waals surface area contributed by atoms with Gasteiger partial charge in [-0.25, -0.2) is 0 Å². The van der Waals surface area contributed by atoms with E-state index >= 15 is 0 Å². The van der Waals surface area contributed by atoms with Crippen molar-refractivity contribution in [2.24, 2.45) is 0 Å². The molecule has 2 aromatic heterocycles. The largest absolute Gasteiger partial charge is 0.320 e. The Labute approximate surface area is 83.2 Å². The lowest BCUT2D eigenvalue weighted by Gasteiger charge is -1.99. The van der Waals surface area contributed by atoms with E-state index < -0.39 is 0 Å². The van der Waals surface area contributed by atoms with Crippen molar-refractivity contribution >= 4 is 23.1 Å². The topological polar surface area (TPSA) is 80.7 Å². The van der Waals surface area contributed by atoms with Gasteiger partial charge in [0.1, 0.15) is 4.88 Å². The number of carbonyl (C=O) groups excluding carboxylic acids is 1. The van der Waals surface area contributed by atoms with Crippen molar-refractivity contribution in [1.82, 2.24) is 19.8 Å². The summed E-state index contributed by atoms with van der Waals surface area (Å²) in [6, 6.07) is 1.65. The lowest BCUT2D eigenvalue weighted by Crippen LogP contribution is -2.10. The third-order valence-corrected chi connectivity index (χ3v) is 2.09. The predicted octanol–water partition coefficient (Wildman–Crippen LogP) is 0.580. The smallest absolute Gasteiger partial charge is 0.269 e. The SMILES string of the molecule is O=C(Nc1ccnnc1)c1cnns1. The number of anilines is 1. The third kappa shape index (κ3) is 1.88. The number of hydrogen-bond donors (Lipinski definition) is 1. The summed E-state index contributed by atoms with van der Waals surface area (Å²) < 4.78 is 3.59. The van der Waals surface area contributed by atoms with Crippen LogP contribution in [0.15, 0.2) is 24.7 Å². The Bertz CT molecular complexity index is 415. The van der Waals surface area contributed by atoms with Crippen molar-refractivity contribution in [3.05, 3.63) is 29.5 Å². The van der Waals surface area contributed by atoms with Crippen LogP contribution in [-0.4, -0.2) is 25.7 Å². The van der Waals surface area contributed by atoms with Gasteiger partial charge >= 0.3 is 0 Å². The first kappa shape index (κ1) is 8.70.